The first-order chi connectivity index (χ1) is 20.3. The topological polar surface area (TPSA) is 148 Å². The van der Waals surface area contributed by atoms with E-state index in [1.54, 1.807) is 0 Å². The molecule has 1 aliphatic rings. The minimum atomic E-state index is -1.41. The molecule has 0 aromatic heterocycles. The van der Waals surface area contributed by atoms with Gasteiger partial charge in [-0.05, 0) is 61.5 Å². The SMILES string of the molecule is CC(C(=O)OCC(=O)Nc1cc(Cl)ccc1Cl)N1C(=O)c2ccc(C(=O)OCC(=O)Nc3cc(Cl)ccc3Cl)cc2C1=O. The summed E-state index contributed by atoms with van der Waals surface area (Å²) < 4.78 is 10.0. The monoisotopic (exact) mass is 665 g/mol. The Kier molecular flexibility index (Phi) is 9.92. The summed E-state index contributed by atoms with van der Waals surface area (Å²) >= 11 is 23.8. The highest BCUT2D eigenvalue weighted by molar-refractivity contribution is 6.36. The summed E-state index contributed by atoms with van der Waals surface area (Å²) in [5, 5.41) is 5.97. The Hall–Kier alpha value is -4.16. The van der Waals surface area contributed by atoms with E-state index < -0.39 is 54.8 Å². The van der Waals surface area contributed by atoms with Gasteiger partial charge < -0.3 is 20.1 Å². The zero-order valence-corrected chi connectivity index (χ0v) is 24.9. The molecule has 0 radical (unpaired) electrons. The number of rotatable bonds is 9. The Labute approximate surface area is 263 Å². The molecule has 0 spiro atoms. The fourth-order valence-electron chi connectivity index (χ4n) is 3.87. The molecule has 1 unspecified atom stereocenters. The highest BCUT2D eigenvalue weighted by Gasteiger charge is 2.42. The zero-order valence-electron chi connectivity index (χ0n) is 21.9. The van der Waals surface area contributed by atoms with Gasteiger partial charge in [0, 0.05) is 10.0 Å². The van der Waals surface area contributed by atoms with Gasteiger partial charge in [-0.2, -0.15) is 0 Å². The number of nitrogens with zero attached hydrogens (tertiary/aromatic N) is 1. The van der Waals surface area contributed by atoms with Crippen molar-refractivity contribution >= 4 is 93.3 Å². The van der Waals surface area contributed by atoms with Crippen molar-refractivity contribution in [2.75, 3.05) is 23.8 Å². The summed E-state index contributed by atoms with van der Waals surface area (Å²) in [4.78, 5) is 76.3. The van der Waals surface area contributed by atoms with Crippen molar-refractivity contribution in [3.63, 3.8) is 0 Å². The molecule has 1 aliphatic heterocycles. The van der Waals surface area contributed by atoms with Crippen LogP contribution in [0.3, 0.4) is 0 Å². The molecule has 222 valence electrons. The second kappa shape index (κ2) is 13.4. The van der Waals surface area contributed by atoms with Crippen molar-refractivity contribution in [3.05, 3.63) is 91.4 Å². The van der Waals surface area contributed by atoms with E-state index in [1.165, 1.54) is 55.5 Å². The molecule has 0 bridgehead atoms. The molecule has 2 N–H and O–H groups in total. The van der Waals surface area contributed by atoms with Crippen molar-refractivity contribution in [2.24, 2.45) is 0 Å². The third kappa shape index (κ3) is 7.44. The standard InChI is InChI=1S/C28H19Cl4N3O8/c1-13(27(40)42-11-23(36)33-21-9-15(29)3-6-19(21)31)35-25(38)17-5-2-14(8-18(17)26(35)39)28(41)43-12-24(37)34-22-10-16(30)4-7-20(22)32/h2-10,13H,11-12H2,1H3,(H,33,36)(H,34,37). The second-order valence-corrected chi connectivity index (χ2v) is 10.6. The Morgan fingerprint density at radius 1 is 0.721 bits per heavy atom. The van der Waals surface area contributed by atoms with E-state index in [0.29, 0.717) is 14.9 Å². The second-order valence-electron chi connectivity index (χ2n) is 8.95. The molecule has 1 atom stereocenters. The molecule has 15 heteroatoms. The van der Waals surface area contributed by atoms with Crippen molar-refractivity contribution in [1.29, 1.82) is 0 Å². The quantitative estimate of drug-likeness (QED) is 0.232. The van der Waals surface area contributed by atoms with Crippen LogP contribution in [0.15, 0.2) is 54.6 Å². The Morgan fingerprint density at radius 2 is 1.23 bits per heavy atom. The molecule has 11 nitrogen and oxygen atoms in total. The smallest absolute Gasteiger partial charge is 0.338 e. The maximum Gasteiger partial charge on any atom is 0.338 e. The first-order valence-electron chi connectivity index (χ1n) is 12.2. The van der Waals surface area contributed by atoms with E-state index >= 15 is 0 Å². The van der Waals surface area contributed by atoms with Crippen LogP contribution in [0.1, 0.15) is 38.0 Å². The van der Waals surface area contributed by atoms with E-state index in [4.69, 9.17) is 55.9 Å². The van der Waals surface area contributed by atoms with E-state index in [-0.39, 0.29) is 38.1 Å². The molecule has 4 rings (SSSR count). The normalized spacial score (nSPS) is 12.8. The Bertz CT molecular complexity index is 1680. The number of esters is 2. The van der Waals surface area contributed by atoms with Gasteiger partial charge in [0.05, 0.1) is 38.1 Å². The minimum absolute atomic E-state index is 0.0668. The van der Waals surface area contributed by atoms with Crippen LogP contribution in [0.5, 0.6) is 0 Å². The van der Waals surface area contributed by atoms with Gasteiger partial charge in [0.2, 0.25) is 0 Å². The highest BCUT2D eigenvalue weighted by atomic mass is 35.5. The van der Waals surface area contributed by atoms with Crippen LogP contribution >= 0.6 is 46.4 Å². The lowest BCUT2D eigenvalue weighted by Crippen LogP contribution is -2.44. The maximum absolute atomic E-state index is 13.1. The largest absolute Gasteiger partial charge is 0.454 e. The summed E-state index contributed by atoms with van der Waals surface area (Å²) in [6, 6.07) is 11.0. The van der Waals surface area contributed by atoms with Crippen LogP contribution in [0.25, 0.3) is 0 Å². The number of anilines is 2. The van der Waals surface area contributed by atoms with Gasteiger partial charge in [-0.25, -0.2) is 9.59 Å². The van der Waals surface area contributed by atoms with E-state index in [9.17, 15) is 28.8 Å². The fraction of sp³-hybridized carbons (Fsp3) is 0.143. The van der Waals surface area contributed by atoms with Crippen LogP contribution in [0.4, 0.5) is 11.4 Å². The van der Waals surface area contributed by atoms with Crippen LogP contribution < -0.4 is 10.6 Å². The molecule has 43 heavy (non-hydrogen) atoms. The fourth-order valence-corrected chi connectivity index (χ4v) is 4.55. The third-order valence-corrected chi connectivity index (χ3v) is 7.10. The minimum Gasteiger partial charge on any atom is -0.454 e. The number of fused-ring (bicyclic) bond motifs is 1. The van der Waals surface area contributed by atoms with Crippen LogP contribution in [-0.2, 0) is 23.9 Å². The molecular formula is C28H19Cl4N3O8. The number of imide groups is 1. The number of hydrogen-bond donors (Lipinski definition) is 2. The molecular weight excluding hydrogens is 648 g/mol. The number of benzene rings is 3. The van der Waals surface area contributed by atoms with Crippen molar-refractivity contribution in [2.45, 2.75) is 13.0 Å². The molecule has 1 heterocycles. The van der Waals surface area contributed by atoms with Gasteiger partial charge >= 0.3 is 11.9 Å². The Balaban J connectivity index is 1.34. The summed E-state index contributed by atoms with van der Waals surface area (Å²) in [6.07, 6.45) is 0. The average molecular weight is 667 g/mol. The van der Waals surface area contributed by atoms with Gasteiger partial charge in [-0.3, -0.25) is 24.1 Å². The lowest BCUT2D eigenvalue weighted by atomic mass is 10.1. The predicted molar refractivity (Wildman–Crippen MR) is 158 cm³/mol. The predicted octanol–water partition coefficient (Wildman–Crippen LogP) is 5.26. The van der Waals surface area contributed by atoms with Crippen molar-refractivity contribution < 1.29 is 38.2 Å². The number of carbonyl (C=O) groups is 6. The molecule has 0 fully saturated rings. The number of ether oxygens (including phenoxy) is 2. The zero-order chi connectivity index (χ0) is 31.4. The van der Waals surface area contributed by atoms with Gasteiger partial charge in [0.15, 0.2) is 13.2 Å². The first-order valence-corrected chi connectivity index (χ1v) is 13.7. The van der Waals surface area contributed by atoms with Gasteiger partial charge in [-0.1, -0.05) is 46.4 Å². The average Bonchev–Trinajstić information content (AvgIpc) is 3.22. The number of carbonyl (C=O) groups excluding carboxylic acids is 6. The summed E-state index contributed by atoms with van der Waals surface area (Å²) in [5.41, 5.74) is 0.0622. The van der Waals surface area contributed by atoms with E-state index in [2.05, 4.69) is 10.6 Å². The van der Waals surface area contributed by atoms with E-state index in [1.807, 2.05) is 0 Å². The number of halogens is 4. The van der Waals surface area contributed by atoms with Crippen LogP contribution in [-0.4, -0.2) is 59.7 Å². The molecule has 3 aromatic rings. The molecule has 0 aliphatic carbocycles. The lowest BCUT2D eigenvalue weighted by Gasteiger charge is -2.20. The summed E-state index contributed by atoms with van der Waals surface area (Å²) in [5.74, 6) is -5.10. The van der Waals surface area contributed by atoms with E-state index in [0.717, 1.165) is 6.07 Å². The molecule has 0 saturated carbocycles. The van der Waals surface area contributed by atoms with Crippen LogP contribution in [0.2, 0.25) is 20.1 Å². The van der Waals surface area contributed by atoms with Gasteiger partial charge in [0.1, 0.15) is 6.04 Å². The molecule has 3 aromatic carbocycles. The highest BCUT2D eigenvalue weighted by Crippen LogP contribution is 2.28. The number of amides is 4. The number of hydrogen-bond acceptors (Lipinski definition) is 8. The van der Waals surface area contributed by atoms with Gasteiger partial charge in [0.25, 0.3) is 23.6 Å². The molecule has 0 saturated heterocycles. The summed E-state index contributed by atoms with van der Waals surface area (Å²) in [6.45, 7) is -0.171. The van der Waals surface area contributed by atoms with Gasteiger partial charge in [-0.15, -0.1) is 0 Å². The molecule has 4 amide bonds. The van der Waals surface area contributed by atoms with Crippen molar-refractivity contribution in [3.8, 4) is 0 Å². The lowest BCUT2D eigenvalue weighted by molar-refractivity contribution is -0.150. The number of nitrogens with one attached hydrogen (secondary N) is 2. The summed E-state index contributed by atoms with van der Waals surface area (Å²) in [7, 11) is 0. The van der Waals surface area contributed by atoms with Crippen LogP contribution in [0, 0.1) is 0 Å². The third-order valence-electron chi connectivity index (χ3n) is 5.97. The van der Waals surface area contributed by atoms with Crippen molar-refractivity contribution in [1.82, 2.24) is 4.90 Å². The maximum atomic E-state index is 13.1. The first kappa shape index (κ1) is 31.8. The Morgan fingerprint density at radius 3 is 1.79 bits per heavy atom.